The molecule has 0 radical (unpaired) electrons. The first-order valence-corrected chi connectivity index (χ1v) is 4.44. The van der Waals surface area contributed by atoms with E-state index in [-0.39, 0.29) is 5.95 Å². The molecule has 1 heterocycles. The van der Waals surface area contributed by atoms with Gasteiger partial charge in [0.15, 0.2) is 0 Å². The summed E-state index contributed by atoms with van der Waals surface area (Å²) in [4.78, 5) is 3.99. The van der Waals surface area contributed by atoms with Crippen molar-refractivity contribution in [1.29, 1.82) is 5.26 Å². The number of H-pyrrole nitrogens is 1. The first kappa shape index (κ1) is 9.21. The first-order valence-electron chi connectivity index (χ1n) is 4.44. The molecule has 0 amide bonds. The Labute approximate surface area is 86.6 Å². The number of aromatic nitrogens is 3. The normalized spacial score (nSPS) is 9.80. The summed E-state index contributed by atoms with van der Waals surface area (Å²) < 4.78 is 0. The molecule has 0 aliphatic heterocycles. The Morgan fingerprint density at radius 1 is 1.33 bits per heavy atom. The van der Waals surface area contributed by atoms with Crippen molar-refractivity contribution in [3.05, 3.63) is 41.2 Å². The Kier molecular flexibility index (Phi) is 2.33. The Balaban J connectivity index is 2.15. The van der Waals surface area contributed by atoms with Crippen LogP contribution in [0, 0.1) is 11.3 Å². The van der Waals surface area contributed by atoms with Crippen molar-refractivity contribution in [3.8, 4) is 6.07 Å². The molecule has 74 valence electrons. The van der Waals surface area contributed by atoms with Crippen molar-refractivity contribution in [2.24, 2.45) is 0 Å². The molecule has 0 bridgehead atoms. The monoisotopic (exact) mass is 199 g/mol. The SMILES string of the molecule is N#Cc1ccc(Cc2nc(N)n[nH]2)cc1. The zero-order valence-corrected chi connectivity index (χ0v) is 7.94. The van der Waals surface area contributed by atoms with E-state index >= 15 is 0 Å². The number of nitrogens with two attached hydrogens (primary N) is 1. The van der Waals surface area contributed by atoms with Gasteiger partial charge in [0.05, 0.1) is 11.6 Å². The Hall–Kier alpha value is -2.35. The third kappa shape index (κ3) is 2.11. The smallest absolute Gasteiger partial charge is 0.239 e. The van der Waals surface area contributed by atoms with Gasteiger partial charge in [-0.05, 0) is 17.7 Å². The minimum Gasteiger partial charge on any atom is -0.367 e. The summed E-state index contributed by atoms with van der Waals surface area (Å²) >= 11 is 0. The van der Waals surface area contributed by atoms with Gasteiger partial charge in [0.2, 0.25) is 5.95 Å². The maximum Gasteiger partial charge on any atom is 0.239 e. The topological polar surface area (TPSA) is 91.4 Å². The molecule has 5 nitrogen and oxygen atoms in total. The van der Waals surface area contributed by atoms with Gasteiger partial charge in [-0.2, -0.15) is 10.2 Å². The molecule has 2 aromatic rings. The summed E-state index contributed by atoms with van der Waals surface area (Å²) in [5.74, 6) is 0.968. The molecule has 3 N–H and O–H groups in total. The number of nitrogens with zero attached hydrogens (tertiary/aromatic N) is 3. The molecule has 1 aromatic heterocycles. The lowest BCUT2D eigenvalue weighted by Gasteiger charge is -1.96. The number of nitriles is 1. The Morgan fingerprint density at radius 2 is 2.07 bits per heavy atom. The minimum atomic E-state index is 0.249. The van der Waals surface area contributed by atoms with Gasteiger partial charge < -0.3 is 5.73 Å². The van der Waals surface area contributed by atoms with Gasteiger partial charge in [-0.1, -0.05) is 12.1 Å². The van der Waals surface area contributed by atoms with E-state index in [1.807, 2.05) is 12.1 Å². The van der Waals surface area contributed by atoms with Gasteiger partial charge in [0.1, 0.15) is 5.82 Å². The van der Waals surface area contributed by atoms with Gasteiger partial charge in [-0.3, -0.25) is 5.10 Å². The Bertz CT molecular complexity index is 491. The summed E-state index contributed by atoms with van der Waals surface area (Å²) in [6.07, 6.45) is 0.635. The standard InChI is InChI=1S/C10H9N5/c11-6-8-3-1-7(2-4-8)5-9-13-10(12)15-14-9/h1-4H,5H2,(H3,12,13,14,15). The van der Waals surface area contributed by atoms with E-state index in [9.17, 15) is 0 Å². The van der Waals surface area contributed by atoms with E-state index in [1.54, 1.807) is 12.1 Å². The van der Waals surface area contributed by atoms with E-state index in [4.69, 9.17) is 11.0 Å². The highest BCUT2D eigenvalue weighted by Crippen LogP contribution is 2.07. The molecule has 0 saturated heterocycles. The fraction of sp³-hybridized carbons (Fsp3) is 0.100. The summed E-state index contributed by atoms with van der Waals surface area (Å²) in [6.45, 7) is 0. The number of aromatic amines is 1. The second kappa shape index (κ2) is 3.80. The zero-order valence-electron chi connectivity index (χ0n) is 7.94. The lowest BCUT2D eigenvalue weighted by atomic mass is 10.1. The summed E-state index contributed by atoms with van der Waals surface area (Å²) in [6, 6.07) is 9.38. The van der Waals surface area contributed by atoms with Crippen LogP contribution in [0.5, 0.6) is 0 Å². The van der Waals surface area contributed by atoms with Crippen LogP contribution in [0.3, 0.4) is 0 Å². The van der Waals surface area contributed by atoms with E-state index < -0.39 is 0 Å². The molecule has 1 aromatic carbocycles. The number of nitrogen functional groups attached to an aromatic ring is 1. The van der Waals surface area contributed by atoms with Crippen LogP contribution in [0.15, 0.2) is 24.3 Å². The molecular weight excluding hydrogens is 190 g/mol. The molecule has 15 heavy (non-hydrogen) atoms. The van der Waals surface area contributed by atoms with Crippen molar-refractivity contribution in [3.63, 3.8) is 0 Å². The van der Waals surface area contributed by atoms with Gasteiger partial charge in [-0.25, -0.2) is 0 Å². The lowest BCUT2D eigenvalue weighted by molar-refractivity contribution is 0.972. The average molecular weight is 199 g/mol. The molecule has 0 unspecified atom stereocenters. The third-order valence-electron chi connectivity index (χ3n) is 2.00. The number of hydrogen-bond donors (Lipinski definition) is 2. The Morgan fingerprint density at radius 3 is 2.60 bits per heavy atom. The van der Waals surface area contributed by atoms with E-state index in [1.165, 1.54) is 0 Å². The van der Waals surface area contributed by atoms with Crippen molar-refractivity contribution in [2.75, 3.05) is 5.73 Å². The highest BCUT2D eigenvalue weighted by molar-refractivity contribution is 5.32. The lowest BCUT2D eigenvalue weighted by Crippen LogP contribution is -1.91. The molecule has 2 rings (SSSR count). The molecule has 0 atom stereocenters. The van der Waals surface area contributed by atoms with Crippen LogP contribution in [-0.4, -0.2) is 15.2 Å². The molecule has 0 aliphatic rings. The van der Waals surface area contributed by atoms with E-state index in [0.717, 1.165) is 11.4 Å². The molecule has 0 saturated carbocycles. The molecular formula is C10H9N5. The third-order valence-corrected chi connectivity index (χ3v) is 2.00. The fourth-order valence-corrected chi connectivity index (χ4v) is 1.28. The number of anilines is 1. The minimum absolute atomic E-state index is 0.249. The maximum atomic E-state index is 8.63. The van der Waals surface area contributed by atoms with Crippen molar-refractivity contribution in [1.82, 2.24) is 15.2 Å². The molecule has 0 aliphatic carbocycles. The number of rotatable bonds is 2. The summed E-state index contributed by atoms with van der Waals surface area (Å²) in [7, 11) is 0. The highest BCUT2D eigenvalue weighted by Gasteiger charge is 2.01. The predicted molar refractivity (Wildman–Crippen MR) is 54.8 cm³/mol. The molecule has 0 spiro atoms. The van der Waals surface area contributed by atoms with Crippen LogP contribution in [0.2, 0.25) is 0 Å². The van der Waals surface area contributed by atoms with Crippen LogP contribution < -0.4 is 5.73 Å². The van der Waals surface area contributed by atoms with Gasteiger partial charge in [-0.15, -0.1) is 5.10 Å². The van der Waals surface area contributed by atoms with Gasteiger partial charge in [0, 0.05) is 6.42 Å². The zero-order chi connectivity index (χ0) is 10.7. The average Bonchev–Trinajstić information content (AvgIpc) is 2.65. The van der Waals surface area contributed by atoms with E-state index in [0.29, 0.717) is 12.0 Å². The number of benzene rings is 1. The predicted octanol–water partition coefficient (Wildman–Crippen LogP) is 0.849. The first-order chi connectivity index (χ1) is 7.28. The largest absolute Gasteiger partial charge is 0.367 e. The van der Waals surface area contributed by atoms with E-state index in [2.05, 4.69) is 21.3 Å². The molecule has 0 fully saturated rings. The van der Waals surface area contributed by atoms with Crippen LogP contribution >= 0.6 is 0 Å². The maximum absolute atomic E-state index is 8.63. The summed E-state index contributed by atoms with van der Waals surface area (Å²) in [5.41, 5.74) is 7.09. The second-order valence-corrected chi connectivity index (χ2v) is 3.13. The number of nitrogens with one attached hydrogen (secondary N) is 1. The highest BCUT2D eigenvalue weighted by atomic mass is 15.3. The quantitative estimate of drug-likeness (QED) is 0.750. The second-order valence-electron chi connectivity index (χ2n) is 3.13. The summed E-state index contributed by atoms with van der Waals surface area (Å²) in [5, 5.41) is 15.1. The van der Waals surface area contributed by atoms with Gasteiger partial charge >= 0.3 is 0 Å². The number of hydrogen-bond acceptors (Lipinski definition) is 4. The van der Waals surface area contributed by atoms with Crippen molar-refractivity contribution in [2.45, 2.75) is 6.42 Å². The van der Waals surface area contributed by atoms with Crippen molar-refractivity contribution < 1.29 is 0 Å². The fourth-order valence-electron chi connectivity index (χ4n) is 1.28. The van der Waals surface area contributed by atoms with Crippen LogP contribution in [0.25, 0.3) is 0 Å². The van der Waals surface area contributed by atoms with Crippen LogP contribution in [0.4, 0.5) is 5.95 Å². The van der Waals surface area contributed by atoms with Crippen molar-refractivity contribution >= 4 is 5.95 Å². The molecule has 5 heteroatoms. The van der Waals surface area contributed by atoms with Crippen LogP contribution in [0.1, 0.15) is 17.0 Å². The van der Waals surface area contributed by atoms with Gasteiger partial charge in [0.25, 0.3) is 0 Å². The van der Waals surface area contributed by atoms with Crippen LogP contribution in [-0.2, 0) is 6.42 Å².